The summed E-state index contributed by atoms with van der Waals surface area (Å²) in [5.74, 6) is 0.667. The molecule has 182 valence electrons. The maximum atomic E-state index is 13.3. The lowest BCUT2D eigenvalue weighted by molar-refractivity contribution is 0.101. The molecule has 0 atom stereocenters. The number of hydrogen-bond acceptors (Lipinski definition) is 5. The number of nitrogens with zero attached hydrogens (tertiary/aromatic N) is 3. The van der Waals surface area contributed by atoms with Crippen LogP contribution in [0.4, 0.5) is 5.69 Å². The summed E-state index contributed by atoms with van der Waals surface area (Å²) in [6.07, 6.45) is 1.55. The smallest absolute Gasteiger partial charge is 0.325 e. The van der Waals surface area contributed by atoms with Crippen molar-refractivity contribution in [3.63, 3.8) is 0 Å². The van der Waals surface area contributed by atoms with E-state index in [2.05, 4.69) is 41.0 Å². The minimum Gasteiger partial charge on any atom is -0.455 e. The Kier molecular flexibility index (Phi) is 5.89. The predicted molar refractivity (Wildman–Crippen MR) is 138 cm³/mol. The average Bonchev–Trinajstić information content (AvgIpc) is 3.44. The van der Waals surface area contributed by atoms with Crippen LogP contribution in [0.1, 0.15) is 42.5 Å². The van der Waals surface area contributed by atoms with Crippen molar-refractivity contribution in [3.8, 4) is 11.5 Å². The molecule has 0 fully saturated rings. The zero-order valence-electron chi connectivity index (χ0n) is 20.2. The average molecular weight is 483 g/mol. The SMILES string of the molecule is CC(C)(C)c1cc(C(=O)Nc2cccc(Oc3ccnc4[nH]c(=O)[nH]c34)c2)n(Cc2ccccc2)n1. The fraction of sp³-hybridized carbons (Fsp3) is 0.185. The molecule has 9 heteroatoms. The molecule has 0 unspecified atom stereocenters. The third-order valence-corrected chi connectivity index (χ3v) is 5.66. The highest BCUT2D eigenvalue weighted by molar-refractivity contribution is 6.03. The molecular formula is C27H26N6O3. The van der Waals surface area contributed by atoms with Crippen molar-refractivity contribution in [3.05, 3.63) is 100 Å². The van der Waals surface area contributed by atoms with E-state index in [0.29, 0.717) is 40.6 Å². The van der Waals surface area contributed by atoms with Gasteiger partial charge in [0.1, 0.15) is 17.0 Å². The van der Waals surface area contributed by atoms with Crippen LogP contribution in [-0.4, -0.2) is 30.6 Å². The van der Waals surface area contributed by atoms with Crippen LogP contribution in [0.25, 0.3) is 11.2 Å². The zero-order valence-corrected chi connectivity index (χ0v) is 20.2. The van der Waals surface area contributed by atoms with E-state index in [1.165, 1.54) is 0 Å². The molecule has 0 aliphatic rings. The molecule has 3 heterocycles. The normalized spacial score (nSPS) is 11.5. The summed E-state index contributed by atoms with van der Waals surface area (Å²) in [6.45, 7) is 6.69. The minimum absolute atomic E-state index is 0.209. The first-order valence-electron chi connectivity index (χ1n) is 11.5. The van der Waals surface area contributed by atoms with Crippen molar-refractivity contribution < 1.29 is 9.53 Å². The summed E-state index contributed by atoms with van der Waals surface area (Å²) in [4.78, 5) is 34.4. The fourth-order valence-corrected chi connectivity index (χ4v) is 3.80. The lowest BCUT2D eigenvalue weighted by Gasteiger charge is -2.14. The number of benzene rings is 2. The van der Waals surface area contributed by atoms with E-state index in [-0.39, 0.29) is 17.0 Å². The molecule has 5 aromatic rings. The van der Waals surface area contributed by atoms with Crippen LogP contribution in [0.3, 0.4) is 0 Å². The number of H-pyrrole nitrogens is 2. The van der Waals surface area contributed by atoms with Crippen LogP contribution in [-0.2, 0) is 12.0 Å². The van der Waals surface area contributed by atoms with Crippen molar-refractivity contribution in [2.75, 3.05) is 5.32 Å². The van der Waals surface area contributed by atoms with Gasteiger partial charge in [-0.25, -0.2) is 9.78 Å². The molecule has 0 radical (unpaired) electrons. The second-order valence-electron chi connectivity index (χ2n) is 9.50. The van der Waals surface area contributed by atoms with Crippen LogP contribution in [0.5, 0.6) is 11.5 Å². The van der Waals surface area contributed by atoms with Gasteiger partial charge in [0.05, 0.1) is 12.2 Å². The van der Waals surface area contributed by atoms with Gasteiger partial charge < -0.3 is 15.0 Å². The maximum absolute atomic E-state index is 13.3. The summed E-state index contributed by atoms with van der Waals surface area (Å²) < 4.78 is 7.72. The second-order valence-corrected chi connectivity index (χ2v) is 9.50. The Labute approximate surface area is 207 Å². The summed E-state index contributed by atoms with van der Waals surface area (Å²) in [5, 5.41) is 7.70. The van der Waals surface area contributed by atoms with E-state index in [9.17, 15) is 9.59 Å². The van der Waals surface area contributed by atoms with Gasteiger partial charge in [0, 0.05) is 29.4 Å². The van der Waals surface area contributed by atoms with E-state index < -0.39 is 0 Å². The molecule has 0 saturated heterocycles. The third-order valence-electron chi connectivity index (χ3n) is 5.66. The van der Waals surface area contributed by atoms with Crippen molar-refractivity contribution in [2.45, 2.75) is 32.7 Å². The van der Waals surface area contributed by atoms with Crippen molar-refractivity contribution in [1.82, 2.24) is 24.7 Å². The highest BCUT2D eigenvalue weighted by Gasteiger charge is 2.23. The first-order valence-corrected chi connectivity index (χ1v) is 11.5. The Balaban J connectivity index is 1.40. The largest absolute Gasteiger partial charge is 0.455 e. The first-order chi connectivity index (χ1) is 17.3. The lowest BCUT2D eigenvalue weighted by Crippen LogP contribution is -2.18. The van der Waals surface area contributed by atoms with Gasteiger partial charge in [-0.3, -0.25) is 14.5 Å². The van der Waals surface area contributed by atoms with E-state index in [0.717, 1.165) is 11.3 Å². The molecule has 3 N–H and O–H groups in total. The number of anilines is 1. The van der Waals surface area contributed by atoms with Crippen LogP contribution < -0.4 is 15.7 Å². The van der Waals surface area contributed by atoms with Crippen LogP contribution in [0.2, 0.25) is 0 Å². The Morgan fingerprint density at radius 2 is 1.83 bits per heavy atom. The van der Waals surface area contributed by atoms with E-state index in [4.69, 9.17) is 9.84 Å². The summed E-state index contributed by atoms with van der Waals surface area (Å²) in [7, 11) is 0. The summed E-state index contributed by atoms with van der Waals surface area (Å²) in [6, 6.07) is 20.5. The number of hydrogen-bond donors (Lipinski definition) is 3. The van der Waals surface area contributed by atoms with E-state index in [1.54, 1.807) is 41.2 Å². The number of amides is 1. The van der Waals surface area contributed by atoms with E-state index in [1.807, 2.05) is 36.4 Å². The minimum atomic E-state index is -0.365. The van der Waals surface area contributed by atoms with Gasteiger partial charge in [-0.2, -0.15) is 5.10 Å². The number of pyridine rings is 1. The number of fused-ring (bicyclic) bond motifs is 1. The molecule has 36 heavy (non-hydrogen) atoms. The number of carbonyl (C=O) groups excluding carboxylic acids is 1. The van der Waals surface area contributed by atoms with Crippen molar-refractivity contribution in [1.29, 1.82) is 0 Å². The van der Waals surface area contributed by atoms with Crippen LogP contribution in [0, 0.1) is 0 Å². The van der Waals surface area contributed by atoms with Crippen LogP contribution >= 0.6 is 0 Å². The van der Waals surface area contributed by atoms with Gasteiger partial charge in [-0.1, -0.05) is 57.2 Å². The number of aromatic nitrogens is 5. The molecule has 0 aliphatic carbocycles. The molecule has 9 nitrogen and oxygen atoms in total. The third kappa shape index (κ3) is 4.90. The Hall–Kier alpha value is -4.66. The van der Waals surface area contributed by atoms with Gasteiger partial charge in [-0.15, -0.1) is 0 Å². The fourth-order valence-electron chi connectivity index (χ4n) is 3.80. The van der Waals surface area contributed by atoms with Crippen LogP contribution in [0.15, 0.2) is 77.7 Å². The number of aromatic amines is 2. The van der Waals surface area contributed by atoms with Gasteiger partial charge >= 0.3 is 5.69 Å². The van der Waals surface area contributed by atoms with E-state index >= 15 is 0 Å². The van der Waals surface area contributed by atoms with Gasteiger partial charge in [0.2, 0.25) is 0 Å². The number of imidazole rings is 1. The Bertz CT molecular complexity index is 1590. The number of rotatable bonds is 6. The van der Waals surface area contributed by atoms with Gasteiger partial charge in [-0.05, 0) is 23.8 Å². The highest BCUT2D eigenvalue weighted by atomic mass is 16.5. The monoisotopic (exact) mass is 482 g/mol. The molecule has 0 bridgehead atoms. The number of ether oxygens (including phenoxy) is 1. The summed E-state index contributed by atoms with van der Waals surface area (Å²) in [5.41, 5.74) is 3.22. The molecule has 3 aromatic heterocycles. The Morgan fingerprint density at radius 1 is 1.03 bits per heavy atom. The molecule has 2 aromatic carbocycles. The van der Waals surface area contributed by atoms with Gasteiger partial charge in [0.15, 0.2) is 11.4 Å². The molecule has 0 spiro atoms. The zero-order chi connectivity index (χ0) is 25.3. The van der Waals surface area contributed by atoms with Gasteiger partial charge in [0.25, 0.3) is 5.91 Å². The Morgan fingerprint density at radius 3 is 2.61 bits per heavy atom. The second kappa shape index (κ2) is 9.18. The predicted octanol–water partition coefficient (Wildman–Crippen LogP) is 4.84. The van der Waals surface area contributed by atoms with Crippen molar-refractivity contribution in [2.24, 2.45) is 0 Å². The summed E-state index contributed by atoms with van der Waals surface area (Å²) >= 11 is 0. The molecule has 5 rings (SSSR count). The standard InChI is InChI=1S/C27H26N6O3/c1-27(2,3)22-15-20(33(32-22)16-17-8-5-4-6-9-17)25(34)29-18-10-7-11-19(14-18)36-21-12-13-28-24-23(21)30-26(35)31-24/h4-15H,16H2,1-3H3,(H,29,34)(H2,28,30,31,35). The maximum Gasteiger partial charge on any atom is 0.325 e. The molecule has 0 saturated carbocycles. The molecule has 1 amide bonds. The molecule has 0 aliphatic heterocycles. The topological polar surface area (TPSA) is 118 Å². The first kappa shape index (κ1) is 23.1. The number of nitrogens with one attached hydrogen (secondary N) is 3. The molecular weight excluding hydrogens is 456 g/mol. The quantitative estimate of drug-likeness (QED) is 0.320. The van der Waals surface area contributed by atoms with Crippen molar-refractivity contribution >= 4 is 22.8 Å². The number of carbonyl (C=O) groups is 1. The highest BCUT2D eigenvalue weighted by Crippen LogP contribution is 2.28. The lowest BCUT2D eigenvalue weighted by atomic mass is 9.92.